The smallest absolute Gasteiger partial charge is 0.149 e. The molecule has 1 N–H and O–H groups in total. The van der Waals surface area contributed by atoms with E-state index in [9.17, 15) is 4.39 Å². The standard InChI is InChI=1S/C23H15ClFN5O/c24-21-9-20(6-7-22(21)31-13-16-2-1-3-19(25)8-16)30-23-18(12-28-15-29-23)5-4-17-10-26-14-27-11-17/h1-3,6-12,14-15H,13H2,(H,28,29,30). The minimum atomic E-state index is -0.310. The van der Waals surface area contributed by atoms with E-state index in [0.717, 1.165) is 0 Å². The van der Waals surface area contributed by atoms with Gasteiger partial charge in [0.25, 0.3) is 0 Å². The lowest BCUT2D eigenvalue weighted by atomic mass is 10.2. The molecule has 0 unspecified atom stereocenters. The predicted molar refractivity (Wildman–Crippen MR) is 116 cm³/mol. The lowest BCUT2D eigenvalue weighted by Crippen LogP contribution is -1.99. The predicted octanol–water partition coefficient (Wildman–Crippen LogP) is 4.78. The third-order valence-electron chi connectivity index (χ3n) is 4.09. The maximum Gasteiger partial charge on any atom is 0.149 e. The first-order valence-corrected chi connectivity index (χ1v) is 9.56. The summed E-state index contributed by atoms with van der Waals surface area (Å²) in [5.41, 5.74) is 2.70. The van der Waals surface area contributed by atoms with Crippen molar-refractivity contribution < 1.29 is 9.13 Å². The summed E-state index contributed by atoms with van der Waals surface area (Å²) in [7, 11) is 0. The number of hydrogen-bond donors (Lipinski definition) is 1. The quantitative estimate of drug-likeness (QED) is 0.458. The summed E-state index contributed by atoms with van der Waals surface area (Å²) in [5, 5.41) is 3.59. The molecule has 0 aliphatic heterocycles. The van der Waals surface area contributed by atoms with Crippen LogP contribution in [0.1, 0.15) is 16.7 Å². The van der Waals surface area contributed by atoms with Crippen LogP contribution in [0.3, 0.4) is 0 Å². The van der Waals surface area contributed by atoms with Gasteiger partial charge in [0.1, 0.15) is 36.6 Å². The normalized spacial score (nSPS) is 10.1. The third-order valence-corrected chi connectivity index (χ3v) is 4.39. The number of benzene rings is 2. The Morgan fingerprint density at radius 1 is 0.968 bits per heavy atom. The molecule has 31 heavy (non-hydrogen) atoms. The average molecular weight is 432 g/mol. The highest BCUT2D eigenvalue weighted by atomic mass is 35.5. The lowest BCUT2D eigenvalue weighted by Gasteiger charge is -2.11. The SMILES string of the molecule is Fc1cccc(COc2ccc(Nc3ncncc3C#Cc3cncnc3)cc2Cl)c1. The zero-order valence-corrected chi connectivity index (χ0v) is 16.8. The van der Waals surface area contributed by atoms with Crippen molar-refractivity contribution in [3.8, 4) is 17.6 Å². The van der Waals surface area contributed by atoms with Gasteiger partial charge in [0.05, 0.1) is 16.1 Å². The molecular weight excluding hydrogens is 417 g/mol. The first-order valence-electron chi connectivity index (χ1n) is 9.18. The van der Waals surface area contributed by atoms with Crippen LogP contribution in [0, 0.1) is 17.7 Å². The zero-order valence-electron chi connectivity index (χ0n) is 16.1. The van der Waals surface area contributed by atoms with E-state index >= 15 is 0 Å². The highest BCUT2D eigenvalue weighted by Gasteiger charge is 2.07. The van der Waals surface area contributed by atoms with Crippen molar-refractivity contribution in [2.24, 2.45) is 0 Å². The zero-order chi connectivity index (χ0) is 21.5. The van der Waals surface area contributed by atoms with Crippen LogP contribution in [0.15, 0.2) is 73.7 Å². The fourth-order valence-corrected chi connectivity index (χ4v) is 2.88. The molecule has 2 heterocycles. The van der Waals surface area contributed by atoms with Gasteiger partial charge >= 0.3 is 0 Å². The Hall–Kier alpha value is -4.02. The second-order valence-corrected chi connectivity index (χ2v) is 6.76. The van der Waals surface area contributed by atoms with E-state index in [-0.39, 0.29) is 12.4 Å². The van der Waals surface area contributed by atoms with Crippen LogP contribution >= 0.6 is 11.6 Å². The van der Waals surface area contributed by atoms with E-state index in [4.69, 9.17) is 16.3 Å². The van der Waals surface area contributed by atoms with Crippen LogP contribution in [0.25, 0.3) is 0 Å². The average Bonchev–Trinajstić information content (AvgIpc) is 2.79. The molecule has 152 valence electrons. The number of anilines is 2. The number of halogens is 2. The van der Waals surface area contributed by atoms with Gasteiger partial charge in [-0.15, -0.1) is 0 Å². The van der Waals surface area contributed by atoms with Gasteiger partial charge in [0.15, 0.2) is 0 Å². The van der Waals surface area contributed by atoms with Crippen LogP contribution in [0.2, 0.25) is 5.02 Å². The minimum Gasteiger partial charge on any atom is -0.487 e. The van der Waals surface area contributed by atoms with Crippen LogP contribution in [0.5, 0.6) is 5.75 Å². The first-order chi connectivity index (χ1) is 15.2. The van der Waals surface area contributed by atoms with E-state index in [0.29, 0.717) is 39.0 Å². The number of rotatable bonds is 5. The first kappa shape index (κ1) is 20.3. The Kier molecular flexibility index (Phi) is 6.31. The Morgan fingerprint density at radius 2 is 1.81 bits per heavy atom. The van der Waals surface area contributed by atoms with Gasteiger partial charge in [-0.25, -0.2) is 24.3 Å². The molecule has 2 aromatic carbocycles. The lowest BCUT2D eigenvalue weighted by molar-refractivity contribution is 0.306. The van der Waals surface area contributed by atoms with Crippen molar-refractivity contribution in [3.05, 3.63) is 101 Å². The highest BCUT2D eigenvalue weighted by molar-refractivity contribution is 6.32. The largest absolute Gasteiger partial charge is 0.487 e. The second-order valence-electron chi connectivity index (χ2n) is 6.35. The molecule has 0 amide bonds. The van der Waals surface area contributed by atoms with Gasteiger partial charge in [-0.2, -0.15) is 0 Å². The van der Waals surface area contributed by atoms with Crippen LogP contribution in [0.4, 0.5) is 15.9 Å². The fraction of sp³-hybridized carbons (Fsp3) is 0.0435. The molecule has 4 rings (SSSR count). The number of ether oxygens (including phenoxy) is 1. The molecular formula is C23H15ClFN5O. The number of aromatic nitrogens is 4. The Balaban J connectivity index is 1.48. The van der Waals surface area contributed by atoms with Gasteiger partial charge in [0.2, 0.25) is 0 Å². The van der Waals surface area contributed by atoms with Crippen LogP contribution in [-0.2, 0) is 6.61 Å². The summed E-state index contributed by atoms with van der Waals surface area (Å²) < 4.78 is 19.0. The van der Waals surface area contributed by atoms with Crippen molar-refractivity contribution in [2.75, 3.05) is 5.32 Å². The molecule has 0 radical (unpaired) electrons. The fourth-order valence-electron chi connectivity index (χ4n) is 2.64. The van der Waals surface area contributed by atoms with E-state index in [1.807, 2.05) is 0 Å². The summed E-state index contributed by atoms with van der Waals surface area (Å²) in [6, 6.07) is 11.5. The van der Waals surface area contributed by atoms with Gasteiger partial charge in [-0.05, 0) is 35.9 Å². The molecule has 0 saturated heterocycles. The topological polar surface area (TPSA) is 72.8 Å². The van der Waals surface area contributed by atoms with E-state index in [1.54, 1.807) is 48.9 Å². The van der Waals surface area contributed by atoms with Crippen LogP contribution in [-0.4, -0.2) is 19.9 Å². The van der Waals surface area contributed by atoms with Crippen LogP contribution < -0.4 is 10.1 Å². The highest BCUT2D eigenvalue weighted by Crippen LogP contribution is 2.30. The summed E-state index contributed by atoms with van der Waals surface area (Å²) in [5.74, 6) is 6.70. The van der Waals surface area contributed by atoms with Crippen molar-refractivity contribution in [1.82, 2.24) is 19.9 Å². The number of nitrogens with zero attached hydrogens (tertiary/aromatic N) is 4. The van der Waals surface area contributed by atoms with Gasteiger partial charge in [0, 0.05) is 24.3 Å². The van der Waals surface area contributed by atoms with Gasteiger partial charge < -0.3 is 10.1 Å². The number of hydrogen-bond acceptors (Lipinski definition) is 6. The molecule has 0 aliphatic rings. The van der Waals surface area contributed by atoms with Crippen molar-refractivity contribution in [2.45, 2.75) is 6.61 Å². The molecule has 0 atom stereocenters. The Labute approximate surface area is 183 Å². The number of nitrogens with one attached hydrogen (secondary N) is 1. The second kappa shape index (κ2) is 9.65. The maximum atomic E-state index is 13.3. The minimum absolute atomic E-state index is 0.207. The summed E-state index contributed by atoms with van der Waals surface area (Å²) in [6.07, 6.45) is 7.74. The molecule has 0 saturated carbocycles. The Morgan fingerprint density at radius 3 is 2.61 bits per heavy atom. The molecule has 8 heteroatoms. The molecule has 4 aromatic rings. The molecule has 0 fully saturated rings. The third kappa shape index (κ3) is 5.53. The molecule has 6 nitrogen and oxygen atoms in total. The monoisotopic (exact) mass is 431 g/mol. The van der Waals surface area contributed by atoms with E-state index < -0.39 is 0 Å². The van der Waals surface area contributed by atoms with Gasteiger partial charge in [-0.3, -0.25) is 0 Å². The van der Waals surface area contributed by atoms with Crippen molar-refractivity contribution in [3.63, 3.8) is 0 Å². The molecule has 2 aromatic heterocycles. The maximum absolute atomic E-state index is 13.3. The summed E-state index contributed by atoms with van der Waals surface area (Å²) in [4.78, 5) is 16.2. The van der Waals surface area contributed by atoms with E-state index in [2.05, 4.69) is 37.1 Å². The Bertz CT molecular complexity index is 1260. The molecule has 0 aliphatic carbocycles. The van der Waals surface area contributed by atoms with E-state index in [1.165, 1.54) is 24.8 Å². The molecule has 0 spiro atoms. The van der Waals surface area contributed by atoms with Crippen molar-refractivity contribution in [1.29, 1.82) is 0 Å². The van der Waals surface area contributed by atoms with Crippen molar-refractivity contribution >= 4 is 23.1 Å². The summed E-state index contributed by atoms with van der Waals surface area (Å²) >= 11 is 6.36. The summed E-state index contributed by atoms with van der Waals surface area (Å²) in [6.45, 7) is 0.207. The molecule has 0 bridgehead atoms. The van der Waals surface area contributed by atoms with Gasteiger partial charge in [-0.1, -0.05) is 35.6 Å².